The second kappa shape index (κ2) is 5.57. The van der Waals surface area contributed by atoms with Gasteiger partial charge in [-0.1, -0.05) is 37.5 Å². The molecular formula is C12H16N4O2. The number of nitrogens with zero attached hydrogens (tertiary/aromatic N) is 4. The summed E-state index contributed by atoms with van der Waals surface area (Å²) in [7, 11) is 0. The topological polar surface area (TPSA) is 73.8 Å². The molecule has 0 spiro atoms. The maximum absolute atomic E-state index is 10.9. The second-order valence-corrected chi connectivity index (χ2v) is 4.28. The lowest BCUT2D eigenvalue weighted by Crippen LogP contribution is -2.00. The van der Waals surface area contributed by atoms with Crippen molar-refractivity contribution in [3.8, 4) is 0 Å². The molecule has 6 heteroatoms. The Balaban J connectivity index is 2.20. The van der Waals surface area contributed by atoms with Gasteiger partial charge in [-0.2, -0.15) is 0 Å². The summed E-state index contributed by atoms with van der Waals surface area (Å²) < 4.78 is 1.75. The minimum Gasteiger partial charge on any atom is -0.258 e. The molecule has 0 aliphatic rings. The Morgan fingerprint density at radius 2 is 2.17 bits per heavy atom. The Labute approximate surface area is 105 Å². The first-order valence-corrected chi connectivity index (χ1v) is 6.20. The molecule has 0 atom stereocenters. The first kappa shape index (κ1) is 12.5. The zero-order valence-electron chi connectivity index (χ0n) is 10.4. The average molecular weight is 248 g/mol. The number of hydrogen-bond donors (Lipinski definition) is 0. The van der Waals surface area contributed by atoms with E-state index in [9.17, 15) is 10.1 Å². The molecule has 6 nitrogen and oxygen atoms in total. The molecule has 0 N–H and O–H groups in total. The van der Waals surface area contributed by atoms with E-state index in [4.69, 9.17) is 0 Å². The largest absolute Gasteiger partial charge is 0.299 e. The van der Waals surface area contributed by atoms with Gasteiger partial charge in [-0.05, 0) is 12.5 Å². The number of nitro benzene ring substituents is 1. The summed E-state index contributed by atoms with van der Waals surface area (Å²) in [5, 5.41) is 18.8. The highest BCUT2D eigenvalue weighted by atomic mass is 16.6. The number of aromatic nitrogens is 3. The maximum atomic E-state index is 10.9. The summed E-state index contributed by atoms with van der Waals surface area (Å²) in [6, 6.07) is 4.95. The normalized spacial score (nSPS) is 10.9. The predicted molar refractivity (Wildman–Crippen MR) is 68.3 cm³/mol. The maximum Gasteiger partial charge on any atom is 0.299 e. The van der Waals surface area contributed by atoms with Crippen molar-refractivity contribution in [3.05, 3.63) is 28.3 Å². The number of aryl methyl sites for hydroxylation is 1. The number of benzene rings is 1. The van der Waals surface area contributed by atoms with Crippen LogP contribution in [0, 0.1) is 10.1 Å². The van der Waals surface area contributed by atoms with E-state index >= 15 is 0 Å². The van der Waals surface area contributed by atoms with Crippen molar-refractivity contribution in [2.24, 2.45) is 0 Å². The van der Waals surface area contributed by atoms with Crippen LogP contribution in [0.25, 0.3) is 11.0 Å². The number of unbranched alkanes of at least 4 members (excludes halogenated alkanes) is 3. The molecule has 2 rings (SSSR count). The van der Waals surface area contributed by atoms with Crippen LogP contribution in [0.5, 0.6) is 0 Å². The molecule has 0 aliphatic carbocycles. The third kappa shape index (κ3) is 2.47. The minimum atomic E-state index is -0.418. The van der Waals surface area contributed by atoms with E-state index in [1.165, 1.54) is 18.9 Å². The molecule has 0 saturated heterocycles. The van der Waals surface area contributed by atoms with Crippen LogP contribution in [0.2, 0.25) is 0 Å². The Kier molecular flexibility index (Phi) is 3.86. The van der Waals surface area contributed by atoms with Crippen molar-refractivity contribution in [3.63, 3.8) is 0 Å². The van der Waals surface area contributed by atoms with Crippen LogP contribution in [-0.2, 0) is 6.54 Å². The van der Waals surface area contributed by atoms with Crippen LogP contribution < -0.4 is 0 Å². The minimum absolute atomic E-state index is 0.0207. The summed E-state index contributed by atoms with van der Waals surface area (Å²) in [6.07, 6.45) is 4.55. The van der Waals surface area contributed by atoms with Crippen molar-refractivity contribution in [2.45, 2.75) is 39.2 Å². The fraction of sp³-hybridized carbons (Fsp3) is 0.500. The van der Waals surface area contributed by atoms with Crippen molar-refractivity contribution < 1.29 is 4.92 Å². The van der Waals surface area contributed by atoms with E-state index in [2.05, 4.69) is 17.2 Å². The molecule has 0 saturated carbocycles. The van der Waals surface area contributed by atoms with Crippen molar-refractivity contribution in [1.29, 1.82) is 0 Å². The lowest BCUT2D eigenvalue weighted by molar-refractivity contribution is -0.383. The average Bonchev–Trinajstić information content (AvgIpc) is 2.77. The van der Waals surface area contributed by atoms with Crippen LogP contribution in [0.4, 0.5) is 5.69 Å². The lowest BCUT2D eigenvalue weighted by atomic mass is 10.2. The number of hydrogen-bond acceptors (Lipinski definition) is 4. The fourth-order valence-corrected chi connectivity index (χ4v) is 1.98. The van der Waals surface area contributed by atoms with E-state index in [0.29, 0.717) is 5.52 Å². The molecule has 18 heavy (non-hydrogen) atoms. The zero-order valence-corrected chi connectivity index (χ0v) is 10.4. The van der Waals surface area contributed by atoms with E-state index in [1.807, 2.05) is 6.07 Å². The molecular weight excluding hydrogens is 232 g/mol. The summed E-state index contributed by atoms with van der Waals surface area (Å²) in [6.45, 7) is 2.92. The van der Waals surface area contributed by atoms with Gasteiger partial charge in [0, 0.05) is 12.6 Å². The number of fused-ring (bicyclic) bond motifs is 1. The Morgan fingerprint density at radius 3 is 2.89 bits per heavy atom. The second-order valence-electron chi connectivity index (χ2n) is 4.28. The van der Waals surface area contributed by atoms with Gasteiger partial charge in [0.15, 0.2) is 5.52 Å². The summed E-state index contributed by atoms with van der Waals surface area (Å²) >= 11 is 0. The van der Waals surface area contributed by atoms with Crippen molar-refractivity contribution >= 4 is 16.7 Å². The quantitative estimate of drug-likeness (QED) is 0.447. The molecule has 1 aromatic carbocycles. The SMILES string of the molecule is CCCCCCn1nnc2c([N+](=O)[O-])cccc21. The third-order valence-electron chi connectivity index (χ3n) is 2.94. The highest BCUT2D eigenvalue weighted by Crippen LogP contribution is 2.22. The standard InChI is InChI=1S/C12H16N4O2/c1-2-3-4-5-9-15-10-7-6-8-11(16(17)18)12(10)13-14-15/h6-8H,2-5,9H2,1H3. The number of non-ortho nitro benzene ring substituents is 1. The smallest absolute Gasteiger partial charge is 0.258 e. The molecule has 1 heterocycles. The van der Waals surface area contributed by atoms with Gasteiger partial charge < -0.3 is 0 Å². The fourth-order valence-electron chi connectivity index (χ4n) is 1.98. The lowest BCUT2D eigenvalue weighted by Gasteiger charge is -2.01. The number of rotatable bonds is 6. The van der Waals surface area contributed by atoms with Gasteiger partial charge in [-0.25, -0.2) is 4.68 Å². The van der Waals surface area contributed by atoms with Gasteiger partial charge in [0.05, 0.1) is 10.4 Å². The summed E-state index contributed by atoms with van der Waals surface area (Å²) in [4.78, 5) is 10.4. The number of nitro groups is 1. The molecule has 0 radical (unpaired) electrons. The predicted octanol–water partition coefficient (Wildman–Crippen LogP) is 2.92. The third-order valence-corrected chi connectivity index (χ3v) is 2.94. The highest BCUT2D eigenvalue weighted by Gasteiger charge is 2.16. The summed E-state index contributed by atoms with van der Waals surface area (Å²) in [5.74, 6) is 0. The Morgan fingerprint density at radius 1 is 1.33 bits per heavy atom. The van der Waals surface area contributed by atoms with Gasteiger partial charge >= 0.3 is 0 Å². The van der Waals surface area contributed by atoms with Crippen LogP contribution in [-0.4, -0.2) is 19.9 Å². The molecule has 96 valence electrons. The van der Waals surface area contributed by atoms with Gasteiger partial charge in [-0.3, -0.25) is 10.1 Å². The highest BCUT2D eigenvalue weighted by molar-refractivity contribution is 5.83. The van der Waals surface area contributed by atoms with Gasteiger partial charge in [0.2, 0.25) is 0 Å². The van der Waals surface area contributed by atoms with Crippen molar-refractivity contribution in [2.75, 3.05) is 0 Å². The van der Waals surface area contributed by atoms with Crippen LogP contribution in [0.1, 0.15) is 32.6 Å². The summed E-state index contributed by atoms with van der Waals surface area (Å²) in [5.41, 5.74) is 1.13. The molecule has 0 fully saturated rings. The monoisotopic (exact) mass is 248 g/mol. The van der Waals surface area contributed by atoms with Crippen molar-refractivity contribution in [1.82, 2.24) is 15.0 Å². The van der Waals surface area contributed by atoms with Crippen LogP contribution in [0.15, 0.2) is 18.2 Å². The van der Waals surface area contributed by atoms with Crippen LogP contribution in [0.3, 0.4) is 0 Å². The van der Waals surface area contributed by atoms with Gasteiger partial charge in [0.25, 0.3) is 5.69 Å². The molecule has 0 aliphatic heterocycles. The first-order chi connectivity index (χ1) is 8.74. The molecule has 0 bridgehead atoms. The Hall–Kier alpha value is -1.98. The molecule has 1 aromatic heterocycles. The molecule has 0 amide bonds. The van der Waals surface area contributed by atoms with E-state index < -0.39 is 4.92 Å². The first-order valence-electron chi connectivity index (χ1n) is 6.20. The van der Waals surface area contributed by atoms with E-state index in [1.54, 1.807) is 10.7 Å². The Bertz CT molecular complexity index is 550. The van der Waals surface area contributed by atoms with E-state index in [0.717, 1.165) is 24.9 Å². The van der Waals surface area contributed by atoms with E-state index in [-0.39, 0.29) is 5.69 Å². The van der Waals surface area contributed by atoms with Gasteiger partial charge in [0.1, 0.15) is 0 Å². The zero-order chi connectivity index (χ0) is 13.0. The molecule has 0 unspecified atom stereocenters. The molecule has 2 aromatic rings. The van der Waals surface area contributed by atoms with Gasteiger partial charge in [-0.15, -0.1) is 5.10 Å². The van der Waals surface area contributed by atoms with Crippen LogP contribution >= 0.6 is 0 Å².